The van der Waals surface area contributed by atoms with Crippen LogP contribution in [0.3, 0.4) is 0 Å². The zero-order valence-corrected chi connectivity index (χ0v) is 14.2. The van der Waals surface area contributed by atoms with E-state index in [9.17, 15) is 23.2 Å². The van der Waals surface area contributed by atoms with Gasteiger partial charge in [-0.2, -0.15) is 18.4 Å². The van der Waals surface area contributed by atoms with Gasteiger partial charge in [-0.15, -0.1) is 0 Å². The van der Waals surface area contributed by atoms with Gasteiger partial charge in [-0.25, -0.2) is 9.78 Å². The van der Waals surface area contributed by atoms with Crippen molar-refractivity contribution in [3.05, 3.63) is 52.7 Å². The molecule has 0 radical (unpaired) electrons. The van der Waals surface area contributed by atoms with Crippen molar-refractivity contribution >= 4 is 17.7 Å². The molecule has 0 saturated carbocycles. The van der Waals surface area contributed by atoms with E-state index in [0.717, 1.165) is 23.4 Å². The molecule has 1 aromatic heterocycles. The quantitative estimate of drug-likeness (QED) is 0.740. The standard InChI is InChI=1S/C17H13F3N2O2S/c1-3-24-16(23)13-8-11(9-21)15(22-14(13)17(18,19)20)25-12-6-4-10(2)5-7-12/h4-8H,3H2,1-2H3. The fourth-order valence-corrected chi connectivity index (χ4v) is 2.80. The van der Waals surface area contributed by atoms with Crippen molar-refractivity contribution < 1.29 is 22.7 Å². The van der Waals surface area contributed by atoms with Crippen molar-refractivity contribution in [1.29, 1.82) is 5.26 Å². The summed E-state index contributed by atoms with van der Waals surface area (Å²) in [6.45, 7) is 3.27. The molecule has 1 aromatic carbocycles. The van der Waals surface area contributed by atoms with Gasteiger partial charge < -0.3 is 4.74 Å². The molecule has 0 aliphatic heterocycles. The van der Waals surface area contributed by atoms with Crippen LogP contribution in [-0.4, -0.2) is 17.6 Å². The smallest absolute Gasteiger partial charge is 0.434 e. The van der Waals surface area contributed by atoms with E-state index in [2.05, 4.69) is 9.72 Å². The largest absolute Gasteiger partial charge is 0.462 e. The number of hydrogen-bond donors (Lipinski definition) is 0. The van der Waals surface area contributed by atoms with E-state index in [-0.39, 0.29) is 17.2 Å². The lowest BCUT2D eigenvalue weighted by atomic mass is 10.1. The van der Waals surface area contributed by atoms with E-state index in [1.165, 1.54) is 6.92 Å². The molecule has 4 nitrogen and oxygen atoms in total. The second-order valence-corrected chi connectivity index (χ2v) is 6.04. The third-order valence-corrected chi connectivity index (χ3v) is 4.12. The molecular formula is C17H13F3N2O2S. The molecule has 0 amide bonds. The minimum atomic E-state index is -4.85. The molecule has 0 atom stereocenters. The normalized spacial score (nSPS) is 11.0. The zero-order chi connectivity index (χ0) is 18.6. The van der Waals surface area contributed by atoms with Gasteiger partial charge >= 0.3 is 12.1 Å². The predicted molar refractivity (Wildman–Crippen MR) is 85.2 cm³/mol. The van der Waals surface area contributed by atoms with Gasteiger partial charge in [-0.3, -0.25) is 0 Å². The number of aryl methyl sites for hydroxylation is 1. The molecule has 25 heavy (non-hydrogen) atoms. The van der Waals surface area contributed by atoms with Crippen molar-refractivity contribution in [3.63, 3.8) is 0 Å². The van der Waals surface area contributed by atoms with Crippen molar-refractivity contribution in [3.8, 4) is 6.07 Å². The molecule has 0 bridgehead atoms. The minimum absolute atomic E-state index is 0.0854. The predicted octanol–water partition coefficient (Wildman–Crippen LogP) is 4.61. The van der Waals surface area contributed by atoms with Crippen LogP contribution in [0.1, 0.15) is 34.1 Å². The van der Waals surface area contributed by atoms with Crippen LogP contribution in [0.2, 0.25) is 0 Å². The van der Waals surface area contributed by atoms with Crippen LogP contribution < -0.4 is 0 Å². The van der Waals surface area contributed by atoms with E-state index < -0.39 is 23.4 Å². The maximum Gasteiger partial charge on any atom is 0.434 e. The average molecular weight is 366 g/mol. The number of pyridine rings is 1. The Hall–Kier alpha value is -2.53. The fourth-order valence-electron chi connectivity index (χ4n) is 1.95. The van der Waals surface area contributed by atoms with Gasteiger partial charge in [-0.1, -0.05) is 29.5 Å². The lowest BCUT2D eigenvalue weighted by Crippen LogP contribution is -2.18. The SMILES string of the molecule is CCOC(=O)c1cc(C#N)c(Sc2ccc(C)cc2)nc1C(F)(F)F. The first-order valence-corrected chi connectivity index (χ1v) is 8.02. The summed E-state index contributed by atoms with van der Waals surface area (Å²) in [6, 6.07) is 9.69. The Morgan fingerprint density at radius 2 is 1.96 bits per heavy atom. The molecule has 2 rings (SSSR count). The number of aromatic nitrogens is 1. The number of nitriles is 1. The summed E-state index contributed by atoms with van der Waals surface area (Å²) < 4.78 is 44.5. The molecule has 0 aliphatic carbocycles. The minimum Gasteiger partial charge on any atom is -0.462 e. The Morgan fingerprint density at radius 1 is 1.32 bits per heavy atom. The Kier molecular flexibility index (Phi) is 5.69. The molecular weight excluding hydrogens is 353 g/mol. The molecule has 0 fully saturated rings. The highest BCUT2D eigenvalue weighted by atomic mass is 32.2. The van der Waals surface area contributed by atoms with Gasteiger partial charge in [0, 0.05) is 4.90 Å². The molecule has 0 N–H and O–H groups in total. The van der Waals surface area contributed by atoms with E-state index >= 15 is 0 Å². The monoisotopic (exact) mass is 366 g/mol. The number of nitrogens with zero attached hydrogens (tertiary/aromatic N) is 2. The van der Waals surface area contributed by atoms with Crippen molar-refractivity contribution in [1.82, 2.24) is 4.98 Å². The number of carbonyl (C=O) groups is 1. The van der Waals surface area contributed by atoms with Crippen molar-refractivity contribution in [2.24, 2.45) is 0 Å². The van der Waals surface area contributed by atoms with Crippen LogP contribution in [0.5, 0.6) is 0 Å². The van der Waals surface area contributed by atoms with Gasteiger partial charge in [0.1, 0.15) is 11.1 Å². The summed E-state index contributed by atoms with van der Waals surface area (Å²) in [5, 5.41) is 9.11. The number of alkyl halides is 3. The summed E-state index contributed by atoms with van der Waals surface area (Å²) in [5.74, 6) is -1.16. The highest BCUT2D eigenvalue weighted by molar-refractivity contribution is 7.99. The van der Waals surface area contributed by atoms with Crippen LogP contribution >= 0.6 is 11.8 Å². The first-order valence-electron chi connectivity index (χ1n) is 7.20. The van der Waals surface area contributed by atoms with Crippen molar-refractivity contribution in [2.75, 3.05) is 6.61 Å². The number of halogens is 3. The highest BCUT2D eigenvalue weighted by Crippen LogP contribution is 2.36. The van der Waals surface area contributed by atoms with Gasteiger partial charge in [0.2, 0.25) is 0 Å². The van der Waals surface area contributed by atoms with Gasteiger partial charge in [0.25, 0.3) is 0 Å². The van der Waals surface area contributed by atoms with E-state index in [0.29, 0.717) is 4.90 Å². The number of hydrogen-bond acceptors (Lipinski definition) is 5. The maximum atomic E-state index is 13.3. The Labute approximate surface area is 146 Å². The molecule has 1 heterocycles. The van der Waals surface area contributed by atoms with E-state index in [1.807, 2.05) is 6.92 Å². The Bertz CT molecular complexity index is 828. The number of ether oxygens (including phenoxy) is 1. The average Bonchev–Trinajstić information content (AvgIpc) is 2.56. The van der Waals surface area contributed by atoms with Gasteiger partial charge in [-0.05, 0) is 32.0 Å². The lowest BCUT2D eigenvalue weighted by molar-refractivity contribution is -0.142. The maximum absolute atomic E-state index is 13.3. The Morgan fingerprint density at radius 3 is 2.48 bits per heavy atom. The van der Waals surface area contributed by atoms with Gasteiger partial charge in [0.05, 0.1) is 17.7 Å². The third-order valence-electron chi connectivity index (χ3n) is 3.11. The van der Waals surface area contributed by atoms with Crippen LogP contribution in [0.25, 0.3) is 0 Å². The van der Waals surface area contributed by atoms with Gasteiger partial charge in [0.15, 0.2) is 5.69 Å². The zero-order valence-electron chi connectivity index (χ0n) is 13.3. The molecule has 0 unspecified atom stereocenters. The molecule has 0 saturated heterocycles. The number of rotatable bonds is 4. The molecule has 130 valence electrons. The van der Waals surface area contributed by atoms with E-state index in [4.69, 9.17) is 0 Å². The van der Waals surface area contributed by atoms with Crippen molar-refractivity contribution in [2.45, 2.75) is 29.9 Å². The molecule has 0 spiro atoms. The molecule has 2 aromatic rings. The van der Waals surface area contributed by atoms with Crippen LogP contribution in [0.15, 0.2) is 40.3 Å². The highest BCUT2D eigenvalue weighted by Gasteiger charge is 2.39. The first-order chi connectivity index (χ1) is 11.8. The van der Waals surface area contributed by atoms with Crippen LogP contribution in [-0.2, 0) is 10.9 Å². The fraction of sp³-hybridized carbons (Fsp3) is 0.235. The first kappa shape index (κ1) is 18.8. The number of carbonyl (C=O) groups excluding carboxylic acids is 1. The summed E-state index contributed by atoms with van der Waals surface area (Å²) in [4.78, 5) is 16.0. The second-order valence-electron chi connectivity index (χ2n) is 4.98. The van der Waals surface area contributed by atoms with Crippen LogP contribution in [0, 0.1) is 18.3 Å². The van der Waals surface area contributed by atoms with E-state index in [1.54, 1.807) is 30.3 Å². The summed E-state index contributed by atoms with van der Waals surface area (Å²) >= 11 is 0.926. The summed E-state index contributed by atoms with van der Waals surface area (Å²) in [6.07, 6.45) is -4.85. The number of benzene rings is 1. The molecule has 0 aliphatic rings. The second kappa shape index (κ2) is 7.57. The third kappa shape index (κ3) is 4.51. The Balaban J connectivity index is 2.55. The molecule has 8 heteroatoms. The summed E-state index contributed by atoms with van der Waals surface area (Å²) in [7, 11) is 0. The topological polar surface area (TPSA) is 63.0 Å². The lowest BCUT2D eigenvalue weighted by Gasteiger charge is -2.14. The number of esters is 1. The van der Waals surface area contributed by atoms with Crippen LogP contribution in [0.4, 0.5) is 13.2 Å². The summed E-state index contributed by atoms with van der Waals surface area (Å²) in [5.41, 5.74) is -1.26.